The van der Waals surface area contributed by atoms with Gasteiger partial charge in [-0.25, -0.2) is 0 Å². The molecular weight excluding hydrogens is 292 g/mol. The Balaban J connectivity index is 1.85. The second kappa shape index (κ2) is 7.69. The van der Waals surface area contributed by atoms with E-state index in [0.717, 1.165) is 22.2 Å². The smallest absolute Gasteiger partial charge is 0.266 e. The van der Waals surface area contributed by atoms with Crippen LogP contribution in [0, 0.1) is 0 Å². The van der Waals surface area contributed by atoms with E-state index in [-0.39, 0.29) is 18.7 Å². The largest absolute Gasteiger partial charge is 0.318 e. The first-order chi connectivity index (χ1) is 10.1. The summed E-state index contributed by atoms with van der Waals surface area (Å²) in [6.07, 6.45) is 0.0188. The summed E-state index contributed by atoms with van der Waals surface area (Å²) in [7, 11) is 0. The maximum absolute atomic E-state index is 11.8. The van der Waals surface area contributed by atoms with Crippen LogP contribution in [0.4, 0.5) is 13.8 Å². The molecule has 110 valence electrons. The number of allylic oxidation sites excluding steroid dienone is 1. The Morgan fingerprint density at radius 2 is 1.95 bits per heavy atom. The van der Waals surface area contributed by atoms with Crippen molar-refractivity contribution in [2.45, 2.75) is 19.3 Å². The van der Waals surface area contributed by atoms with Gasteiger partial charge < -0.3 is 5.32 Å². The van der Waals surface area contributed by atoms with Crippen LogP contribution < -0.4 is 5.32 Å². The molecule has 1 N–H and O–H groups in total. The van der Waals surface area contributed by atoms with Crippen LogP contribution in [0.15, 0.2) is 53.9 Å². The van der Waals surface area contributed by atoms with Crippen molar-refractivity contribution in [1.82, 2.24) is 0 Å². The number of unbranched alkanes of at least 4 members (excludes halogenated alkanes) is 1. The average molecular weight is 307 g/mol. The Labute approximate surface area is 126 Å². The Bertz CT molecular complexity index is 618. The van der Waals surface area contributed by atoms with Crippen molar-refractivity contribution in [1.29, 1.82) is 0 Å². The number of nitrogens with one attached hydrogen (secondary N) is 1. The third-order valence-electron chi connectivity index (χ3n) is 2.88. The number of hydrogen-bond acceptors (Lipinski definition) is 2. The average Bonchev–Trinajstić information content (AvgIpc) is 2.93. The van der Waals surface area contributed by atoms with E-state index in [1.165, 1.54) is 11.3 Å². The van der Waals surface area contributed by atoms with Crippen LogP contribution in [0.2, 0.25) is 0 Å². The van der Waals surface area contributed by atoms with Crippen molar-refractivity contribution < 1.29 is 13.6 Å². The number of thiophene rings is 1. The monoisotopic (exact) mass is 307 g/mol. The molecule has 1 amide bonds. The standard InChI is InChI=1S/C16H15F2NOS/c17-14(18)8-4-5-9-15(20)19-16-10-13(11-21-16)12-6-2-1-3-7-12/h1-3,6-8,10-11H,4-5,9H2,(H,19,20). The molecule has 21 heavy (non-hydrogen) atoms. The molecule has 1 aromatic carbocycles. The molecule has 5 heteroatoms. The fourth-order valence-electron chi connectivity index (χ4n) is 1.86. The first kappa shape index (κ1) is 15.4. The van der Waals surface area contributed by atoms with E-state index in [0.29, 0.717) is 6.42 Å². The summed E-state index contributed by atoms with van der Waals surface area (Å²) in [5, 5.41) is 5.54. The summed E-state index contributed by atoms with van der Waals surface area (Å²) in [5.41, 5.74) is 2.15. The molecule has 0 radical (unpaired) electrons. The number of benzene rings is 1. The molecule has 0 aliphatic carbocycles. The van der Waals surface area contributed by atoms with Crippen molar-refractivity contribution in [2.75, 3.05) is 5.32 Å². The Kier molecular flexibility index (Phi) is 5.63. The van der Waals surface area contributed by atoms with Crippen molar-refractivity contribution in [2.24, 2.45) is 0 Å². The minimum absolute atomic E-state index is 0.149. The van der Waals surface area contributed by atoms with Gasteiger partial charge in [-0.2, -0.15) is 8.78 Å². The zero-order valence-electron chi connectivity index (χ0n) is 11.3. The van der Waals surface area contributed by atoms with E-state index in [9.17, 15) is 13.6 Å². The van der Waals surface area contributed by atoms with Gasteiger partial charge in [-0.05, 0) is 36.1 Å². The van der Waals surface area contributed by atoms with Crippen LogP contribution in [0.25, 0.3) is 11.1 Å². The summed E-state index contributed by atoms with van der Waals surface area (Å²) in [6, 6.07) is 11.8. The van der Waals surface area contributed by atoms with Gasteiger partial charge in [0, 0.05) is 11.8 Å². The minimum Gasteiger partial charge on any atom is -0.318 e. The quantitative estimate of drug-likeness (QED) is 0.720. The molecule has 2 nitrogen and oxygen atoms in total. The molecule has 0 aliphatic rings. The van der Waals surface area contributed by atoms with Crippen LogP contribution in [-0.4, -0.2) is 5.91 Å². The molecule has 0 fully saturated rings. The highest BCUT2D eigenvalue weighted by molar-refractivity contribution is 7.14. The highest BCUT2D eigenvalue weighted by Crippen LogP contribution is 2.28. The number of hydrogen-bond donors (Lipinski definition) is 1. The fraction of sp³-hybridized carbons (Fsp3) is 0.188. The van der Waals surface area contributed by atoms with Gasteiger partial charge in [0.25, 0.3) is 6.08 Å². The van der Waals surface area contributed by atoms with Crippen molar-refractivity contribution in [3.05, 3.63) is 53.9 Å². The van der Waals surface area contributed by atoms with Crippen molar-refractivity contribution in [3.8, 4) is 11.1 Å². The summed E-state index contributed by atoms with van der Waals surface area (Å²) in [4.78, 5) is 11.7. The molecule has 0 saturated heterocycles. The Morgan fingerprint density at radius 1 is 1.19 bits per heavy atom. The predicted molar refractivity (Wildman–Crippen MR) is 82.5 cm³/mol. The van der Waals surface area contributed by atoms with Crippen LogP contribution >= 0.6 is 11.3 Å². The molecule has 1 heterocycles. The molecular formula is C16H15F2NOS. The summed E-state index contributed by atoms with van der Waals surface area (Å²) in [5.74, 6) is -0.149. The molecule has 0 aliphatic heterocycles. The fourth-order valence-corrected chi connectivity index (χ4v) is 2.68. The second-order valence-electron chi connectivity index (χ2n) is 4.50. The molecule has 0 saturated carbocycles. The lowest BCUT2D eigenvalue weighted by molar-refractivity contribution is -0.116. The number of carbonyl (C=O) groups excluding carboxylic acids is 1. The van der Waals surface area contributed by atoms with Crippen LogP contribution in [0.5, 0.6) is 0 Å². The number of amides is 1. The summed E-state index contributed by atoms with van der Waals surface area (Å²) in [6.45, 7) is 0. The molecule has 1 aromatic heterocycles. The third-order valence-corrected chi connectivity index (χ3v) is 3.72. The highest BCUT2D eigenvalue weighted by Gasteiger charge is 2.06. The highest BCUT2D eigenvalue weighted by atomic mass is 32.1. The molecule has 0 bridgehead atoms. The van der Waals surface area contributed by atoms with E-state index < -0.39 is 6.08 Å². The van der Waals surface area contributed by atoms with Crippen LogP contribution in [0.1, 0.15) is 19.3 Å². The zero-order chi connectivity index (χ0) is 15.1. The number of rotatable bonds is 6. The lowest BCUT2D eigenvalue weighted by Crippen LogP contribution is -2.09. The van der Waals surface area contributed by atoms with Gasteiger partial charge in [0.15, 0.2) is 0 Å². The molecule has 2 aromatic rings. The lowest BCUT2D eigenvalue weighted by Gasteiger charge is -2.01. The normalized spacial score (nSPS) is 10.2. The van der Waals surface area contributed by atoms with Gasteiger partial charge in [0.05, 0.1) is 5.00 Å². The van der Waals surface area contributed by atoms with Crippen molar-refractivity contribution >= 4 is 22.2 Å². The molecule has 0 atom stereocenters. The second-order valence-corrected chi connectivity index (χ2v) is 5.41. The van der Waals surface area contributed by atoms with Crippen molar-refractivity contribution in [3.63, 3.8) is 0 Å². The van der Waals surface area contributed by atoms with E-state index in [1.807, 2.05) is 41.8 Å². The van der Waals surface area contributed by atoms with Crippen LogP contribution in [-0.2, 0) is 4.79 Å². The molecule has 2 rings (SSSR count). The summed E-state index contributed by atoms with van der Waals surface area (Å²) < 4.78 is 23.7. The SMILES string of the molecule is O=C(CCCC=C(F)F)Nc1cc(-c2ccccc2)cs1. The molecule has 0 spiro atoms. The Hall–Kier alpha value is -2.01. The maximum atomic E-state index is 11.8. The van der Waals surface area contributed by atoms with E-state index in [1.54, 1.807) is 0 Å². The van der Waals surface area contributed by atoms with Gasteiger partial charge >= 0.3 is 0 Å². The van der Waals surface area contributed by atoms with Gasteiger partial charge in [-0.15, -0.1) is 11.3 Å². The Morgan fingerprint density at radius 3 is 2.67 bits per heavy atom. The van der Waals surface area contributed by atoms with E-state index >= 15 is 0 Å². The van der Waals surface area contributed by atoms with E-state index in [2.05, 4.69) is 5.32 Å². The predicted octanol–water partition coefficient (Wildman–Crippen LogP) is 5.30. The zero-order valence-corrected chi connectivity index (χ0v) is 12.1. The van der Waals surface area contributed by atoms with Gasteiger partial charge in [-0.1, -0.05) is 30.3 Å². The maximum Gasteiger partial charge on any atom is 0.266 e. The van der Waals surface area contributed by atoms with Gasteiger partial charge in [-0.3, -0.25) is 4.79 Å². The number of halogens is 2. The third kappa shape index (κ3) is 5.11. The topological polar surface area (TPSA) is 29.1 Å². The minimum atomic E-state index is -1.69. The number of anilines is 1. The van der Waals surface area contributed by atoms with Crippen LogP contribution in [0.3, 0.4) is 0 Å². The van der Waals surface area contributed by atoms with Gasteiger partial charge in [0.1, 0.15) is 0 Å². The first-order valence-corrected chi connectivity index (χ1v) is 7.48. The summed E-state index contributed by atoms with van der Waals surface area (Å²) >= 11 is 1.45. The lowest BCUT2D eigenvalue weighted by atomic mass is 10.1. The molecule has 0 unspecified atom stereocenters. The van der Waals surface area contributed by atoms with Gasteiger partial charge in [0.2, 0.25) is 5.91 Å². The van der Waals surface area contributed by atoms with E-state index in [4.69, 9.17) is 0 Å². The number of carbonyl (C=O) groups is 1. The first-order valence-electron chi connectivity index (χ1n) is 6.60.